The molecule has 0 N–H and O–H groups in total. The first-order valence-electron chi connectivity index (χ1n) is 25.8. The fourth-order valence-corrected chi connectivity index (χ4v) is 9.89. The number of hydrogen-bond acceptors (Lipinski definition) is 18. The maximum atomic E-state index is 6.08. The summed E-state index contributed by atoms with van der Waals surface area (Å²) in [6.07, 6.45) is 12.9. The molecule has 2 aliphatic heterocycles. The average molecular weight is 1240 g/mol. The van der Waals surface area contributed by atoms with Crippen LogP contribution < -0.4 is 18.9 Å². The lowest BCUT2D eigenvalue weighted by Crippen LogP contribution is -2.41. The van der Waals surface area contributed by atoms with E-state index in [9.17, 15) is 0 Å². The van der Waals surface area contributed by atoms with Gasteiger partial charge in [0.2, 0.25) is 11.8 Å². The van der Waals surface area contributed by atoms with Gasteiger partial charge in [0.15, 0.2) is 0 Å². The molecule has 2 unspecified atom stereocenters. The van der Waals surface area contributed by atoms with Gasteiger partial charge in [0.25, 0.3) is 0 Å². The summed E-state index contributed by atoms with van der Waals surface area (Å²) in [5.74, 6) is 6.08. The van der Waals surface area contributed by atoms with Gasteiger partial charge in [-0.25, -0.2) is 19.9 Å². The summed E-state index contributed by atoms with van der Waals surface area (Å²) >= 11 is 9.96. The number of aryl methyl sites for hydroxylation is 4. The van der Waals surface area contributed by atoms with E-state index in [4.69, 9.17) is 37.6 Å². The van der Waals surface area contributed by atoms with Crippen molar-refractivity contribution >= 4 is 68.6 Å². The molecule has 2 saturated carbocycles. The highest BCUT2D eigenvalue weighted by atomic mass is 79.9. The van der Waals surface area contributed by atoms with Gasteiger partial charge in [-0.15, -0.1) is 22.7 Å². The van der Waals surface area contributed by atoms with E-state index in [0.29, 0.717) is 60.3 Å². The zero-order chi connectivity index (χ0) is 56.2. The van der Waals surface area contributed by atoms with Crippen molar-refractivity contribution in [3.63, 3.8) is 0 Å². The number of hydrogen-bond donors (Lipinski definition) is 0. The molecule has 6 aromatic rings. The van der Waals surface area contributed by atoms with Crippen LogP contribution in [0, 0.1) is 39.5 Å². The fraction of sp³-hybridized carbons (Fsp3) is 0.571. The lowest BCUT2D eigenvalue weighted by Gasteiger charge is -2.32. The molecule has 8 heterocycles. The van der Waals surface area contributed by atoms with E-state index in [2.05, 4.69) is 71.7 Å². The predicted octanol–water partition coefficient (Wildman–Crippen LogP) is 14.7. The standard InChI is InChI=1S/C19H20N4O2S.C15H16BrN3O2.C12H24B2O4.C4H4BrNS.2C2H6.2CH4/c1-11-20-8-16(18-9-21-12(2)26-18)19(23-11)25-10-13-6-15(13)17-5-4-14(24-3)7-22-17;1-9-17-7-13(16)15(19-9)21-8-10-5-12(10)14-4-3-11(20-2)6-18-14;1-9(2)10(3,4)16-13(15-9)14-17-11(5,6)12(7,8)18-14;1-3-6-2-4(5)7-3;2*1-2;;/h4-5,7-9,13,15H,6,10H2,1-3H3;3-4,6-7,10,12H,5,8H2,1-2H3;1-8H3;2H,1H3;2*1-2H3;2*1H4/t13-,15?;10-,12?;;;;;;/m11....../s1. The van der Waals surface area contributed by atoms with E-state index in [1.165, 1.54) is 0 Å². The van der Waals surface area contributed by atoms with Crippen molar-refractivity contribution in [3.05, 3.63) is 103 Å². The Morgan fingerprint density at radius 1 is 0.538 bits per heavy atom. The van der Waals surface area contributed by atoms with Crippen molar-refractivity contribution in [3.8, 4) is 33.7 Å². The molecule has 16 nitrogen and oxygen atoms in total. The molecule has 4 fully saturated rings. The highest BCUT2D eigenvalue weighted by molar-refractivity contribution is 9.11. The monoisotopic (exact) mass is 1240 g/mol. The van der Waals surface area contributed by atoms with Gasteiger partial charge in [0.1, 0.15) is 23.1 Å². The van der Waals surface area contributed by atoms with E-state index in [-0.39, 0.29) is 37.3 Å². The van der Waals surface area contributed by atoms with Crippen molar-refractivity contribution in [2.45, 2.75) is 173 Å². The molecular formula is C56H84B2Br2N8O8S2. The number of aromatic nitrogens is 8. The largest absolute Gasteiger partial charge is 0.495 e. The van der Waals surface area contributed by atoms with Crippen molar-refractivity contribution in [1.29, 1.82) is 0 Å². The molecule has 2 saturated heterocycles. The minimum absolute atomic E-state index is 0. The Morgan fingerprint density at radius 2 is 0.949 bits per heavy atom. The molecule has 22 heteroatoms. The van der Waals surface area contributed by atoms with Crippen molar-refractivity contribution < 1.29 is 37.6 Å². The summed E-state index contributed by atoms with van der Waals surface area (Å²) in [7, 11) is 2.34. The summed E-state index contributed by atoms with van der Waals surface area (Å²) in [6, 6.07) is 7.96. The average Bonchev–Trinajstić information content (AvgIpc) is 4.26. The lowest BCUT2D eigenvalue weighted by molar-refractivity contribution is 0.00578. The first kappa shape index (κ1) is 68.1. The third-order valence-electron chi connectivity index (χ3n) is 13.4. The normalized spacial score (nSPS) is 20.0. The van der Waals surface area contributed by atoms with E-state index < -0.39 is 14.0 Å². The summed E-state index contributed by atoms with van der Waals surface area (Å²) in [4.78, 5) is 35.4. The smallest absolute Gasteiger partial charge is 0.488 e. The quantitative estimate of drug-likeness (QED) is 0.106. The molecule has 0 spiro atoms. The number of halogens is 2. The number of thiazole rings is 2. The molecule has 2 aliphatic carbocycles. The van der Waals surface area contributed by atoms with Crippen molar-refractivity contribution in [1.82, 2.24) is 39.9 Å². The third-order valence-corrected chi connectivity index (χ3v) is 16.3. The molecule has 428 valence electrons. The lowest BCUT2D eigenvalue weighted by atomic mass is 9.49. The molecular weight excluding hydrogens is 1160 g/mol. The minimum atomic E-state index is -0.476. The second kappa shape index (κ2) is 30.1. The third kappa shape index (κ3) is 18.4. The highest BCUT2D eigenvalue weighted by Gasteiger charge is 2.63. The van der Waals surface area contributed by atoms with E-state index in [1.54, 1.807) is 61.7 Å². The molecule has 0 bridgehead atoms. The Labute approximate surface area is 491 Å². The van der Waals surface area contributed by atoms with Crippen LogP contribution in [0.15, 0.2) is 69.7 Å². The van der Waals surface area contributed by atoms with Crippen LogP contribution >= 0.6 is 54.5 Å². The Hall–Kier alpha value is -4.15. The van der Waals surface area contributed by atoms with E-state index >= 15 is 0 Å². The molecule has 10 rings (SSSR count). The topological polar surface area (TPSA) is 177 Å². The molecule has 0 amide bonds. The summed E-state index contributed by atoms with van der Waals surface area (Å²) < 4.78 is 47.9. The Morgan fingerprint density at radius 3 is 1.31 bits per heavy atom. The zero-order valence-electron chi connectivity index (χ0n) is 47.5. The van der Waals surface area contributed by atoms with Crippen LogP contribution in [0.3, 0.4) is 0 Å². The number of methoxy groups -OCH3 is 2. The van der Waals surface area contributed by atoms with E-state index in [1.807, 2.05) is 147 Å². The Bertz CT molecular complexity index is 2670. The van der Waals surface area contributed by atoms with Gasteiger partial charge in [-0.1, -0.05) is 42.5 Å². The number of pyridine rings is 2. The van der Waals surface area contributed by atoms with Crippen LogP contribution in [0.2, 0.25) is 0 Å². The van der Waals surface area contributed by atoms with Gasteiger partial charge in [-0.2, -0.15) is 9.97 Å². The second-order valence-electron chi connectivity index (χ2n) is 20.0. The Balaban J connectivity index is 0.000000281. The number of ether oxygens (including phenoxy) is 4. The minimum Gasteiger partial charge on any atom is -0.495 e. The van der Waals surface area contributed by atoms with E-state index in [0.717, 1.165) is 64.4 Å². The maximum absolute atomic E-state index is 6.08. The number of rotatable bonds is 12. The van der Waals surface area contributed by atoms with Crippen LogP contribution in [0.4, 0.5) is 0 Å². The van der Waals surface area contributed by atoms with Crippen LogP contribution in [0.5, 0.6) is 23.3 Å². The molecule has 78 heavy (non-hydrogen) atoms. The summed E-state index contributed by atoms with van der Waals surface area (Å²) in [6.45, 7) is 33.2. The molecule has 4 aliphatic rings. The Kier molecular flexibility index (Phi) is 26.3. The second-order valence-corrected chi connectivity index (χ2v) is 24.7. The van der Waals surface area contributed by atoms with Crippen molar-refractivity contribution in [2.24, 2.45) is 11.8 Å². The van der Waals surface area contributed by atoms with Gasteiger partial charge in [-0.3, -0.25) is 9.97 Å². The zero-order valence-corrected chi connectivity index (χ0v) is 52.3. The van der Waals surface area contributed by atoms with Crippen LogP contribution in [-0.2, 0) is 18.6 Å². The number of nitrogens with zero attached hydrogens (tertiary/aromatic N) is 8. The molecule has 0 radical (unpaired) electrons. The fourth-order valence-electron chi connectivity index (χ4n) is 7.51. The SMILES string of the molecule is C.C.CC.CC.CC1(C)OB(B2OC(C)(C)C(C)(C)O2)OC1(C)C.COc1ccc(C2C[C@@H]2COc2nc(C)ncc2-c2cnc(C)s2)nc1.COc1ccc(C2C[C@@H]2COc2nc(C)ncc2Br)nc1.Cc1ncc(Br)s1. The van der Waals surface area contributed by atoms with Gasteiger partial charge < -0.3 is 37.6 Å². The first-order valence-corrected chi connectivity index (χ1v) is 29.0. The summed E-state index contributed by atoms with van der Waals surface area (Å²) in [5, 5.41) is 2.12. The van der Waals surface area contributed by atoms with Crippen LogP contribution in [0.25, 0.3) is 10.4 Å². The van der Waals surface area contributed by atoms with Crippen LogP contribution in [0.1, 0.15) is 156 Å². The van der Waals surface area contributed by atoms with Gasteiger partial charge in [0, 0.05) is 53.7 Å². The molecule has 6 aromatic heterocycles. The van der Waals surface area contributed by atoms with Crippen molar-refractivity contribution in [2.75, 3.05) is 27.4 Å². The molecule has 0 aromatic carbocycles. The summed E-state index contributed by atoms with van der Waals surface area (Å²) in [5.41, 5.74) is 1.66. The van der Waals surface area contributed by atoms with Gasteiger partial charge >= 0.3 is 14.0 Å². The van der Waals surface area contributed by atoms with Crippen LogP contribution in [-0.4, -0.2) is 104 Å². The van der Waals surface area contributed by atoms with Gasteiger partial charge in [-0.05, 0) is 152 Å². The first-order chi connectivity index (χ1) is 36.0. The maximum Gasteiger partial charge on any atom is 0.488 e. The predicted molar refractivity (Wildman–Crippen MR) is 324 cm³/mol. The molecule has 4 atom stereocenters. The highest BCUT2D eigenvalue weighted by Crippen LogP contribution is 2.49. The van der Waals surface area contributed by atoms with Gasteiger partial charge in [0.05, 0.1) is 97.1 Å².